The molecule has 0 aliphatic rings. The van der Waals surface area contributed by atoms with Crippen molar-refractivity contribution in [3.63, 3.8) is 0 Å². The Labute approximate surface area is 103 Å². The van der Waals surface area contributed by atoms with Gasteiger partial charge in [-0.15, -0.1) is 11.8 Å². The number of aromatic nitrogens is 2. The molecule has 0 fully saturated rings. The van der Waals surface area contributed by atoms with Gasteiger partial charge in [0.05, 0.1) is 10.7 Å². The maximum absolute atomic E-state index is 4.50. The Morgan fingerprint density at radius 1 is 1.38 bits per heavy atom. The fourth-order valence-corrected chi connectivity index (χ4v) is 2.65. The summed E-state index contributed by atoms with van der Waals surface area (Å²) < 4.78 is 2.22. The standard InChI is InChI=1S/C12H23N3S/c1-7-13-8-10-9(2)14-15(6)11(10)16-12(3,4)5/h13H,7-8H2,1-6H3. The number of nitrogens with one attached hydrogen (secondary N) is 1. The highest BCUT2D eigenvalue weighted by Gasteiger charge is 2.20. The summed E-state index contributed by atoms with van der Waals surface area (Å²) in [7, 11) is 2.02. The molecule has 1 aromatic rings. The van der Waals surface area contributed by atoms with Crippen LogP contribution in [0.1, 0.15) is 39.0 Å². The SMILES string of the molecule is CCNCc1c(C)nn(C)c1SC(C)(C)C. The van der Waals surface area contributed by atoms with Gasteiger partial charge < -0.3 is 5.32 Å². The van der Waals surface area contributed by atoms with E-state index in [4.69, 9.17) is 0 Å². The van der Waals surface area contributed by atoms with Crippen LogP contribution in [0.4, 0.5) is 0 Å². The van der Waals surface area contributed by atoms with Gasteiger partial charge in [-0.1, -0.05) is 27.7 Å². The van der Waals surface area contributed by atoms with Gasteiger partial charge in [0, 0.05) is 23.9 Å². The first-order valence-corrected chi connectivity index (χ1v) is 6.59. The second-order valence-electron chi connectivity index (χ2n) is 4.99. The van der Waals surface area contributed by atoms with Crippen molar-refractivity contribution in [3.8, 4) is 0 Å². The highest BCUT2D eigenvalue weighted by molar-refractivity contribution is 8.00. The summed E-state index contributed by atoms with van der Waals surface area (Å²) in [6.45, 7) is 12.8. The van der Waals surface area contributed by atoms with Crippen LogP contribution in [0.15, 0.2) is 5.03 Å². The summed E-state index contributed by atoms with van der Waals surface area (Å²) in [5.41, 5.74) is 2.47. The van der Waals surface area contributed by atoms with Gasteiger partial charge in [0.25, 0.3) is 0 Å². The van der Waals surface area contributed by atoms with Crippen molar-refractivity contribution in [3.05, 3.63) is 11.3 Å². The van der Waals surface area contributed by atoms with Crippen LogP contribution in [-0.4, -0.2) is 21.1 Å². The third-order valence-electron chi connectivity index (χ3n) is 2.24. The van der Waals surface area contributed by atoms with E-state index in [1.807, 2.05) is 23.5 Å². The van der Waals surface area contributed by atoms with Crippen molar-refractivity contribution in [2.45, 2.75) is 50.9 Å². The highest BCUT2D eigenvalue weighted by atomic mass is 32.2. The van der Waals surface area contributed by atoms with E-state index in [1.165, 1.54) is 10.6 Å². The van der Waals surface area contributed by atoms with Gasteiger partial charge in [-0.25, -0.2) is 0 Å². The average molecular weight is 241 g/mol. The quantitative estimate of drug-likeness (QED) is 0.822. The molecule has 1 N–H and O–H groups in total. The molecule has 0 bridgehead atoms. The number of hydrogen-bond donors (Lipinski definition) is 1. The predicted molar refractivity (Wildman–Crippen MR) is 70.9 cm³/mol. The molecular weight excluding hydrogens is 218 g/mol. The molecule has 4 heteroatoms. The van der Waals surface area contributed by atoms with Gasteiger partial charge in [0.15, 0.2) is 0 Å². The summed E-state index contributed by atoms with van der Waals surface area (Å²) in [5.74, 6) is 0. The molecule has 0 spiro atoms. The van der Waals surface area contributed by atoms with Gasteiger partial charge in [0.2, 0.25) is 0 Å². The first-order chi connectivity index (χ1) is 7.35. The third kappa shape index (κ3) is 3.52. The number of hydrogen-bond acceptors (Lipinski definition) is 3. The molecule has 0 aliphatic heterocycles. The predicted octanol–water partition coefficient (Wildman–Crippen LogP) is 2.73. The molecule has 0 amide bonds. The second kappa shape index (κ2) is 5.23. The van der Waals surface area contributed by atoms with E-state index in [9.17, 15) is 0 Å². The lowest BCUT2D eigenvalue weighted by Gasteiger charge is -2.18. The molecule has 0 unspecified atom stereocenters. The molecule has 3 nitrogen and oxygen atoms in total. The van der Waals surface area contributed by atoms with Crippen LogP contribution >= 0.6 is 11.8 Å². The summed E-state index contributed by atoms with van der Waals surface area (Å²) in [4.78, 5) is 0. The minimum atomic E-state index is 0.223. The fourth-order valence-electron chi connectivity index (χ4n) is 1.55. The summed E-state index contributed by atoms with van der Waals surface area (Å²) >= 11 is 1.89. The van der Waals surface area contributed by atoms with E-state index in [0.717, 1.165) is 18.8 Å². The van der Waals surface area contributed by atoms with Crippen molar-refractivity contribution < 1.29 is 0 Å². The Balaban J connectivity index is 2.96. The van der Waals surface area contributed by atoms with E-state index < -0.39 is 0 Å². The number of nitrogens with zero attached hydrogens (tertiary/aromatic N) is 2. The first-order valence-electron chi connectivity index (χ1n) is 5.77. The molecule has 0 saturated heterocycles. The zero-order valence-corrected chi connectivity index (χ0v) is 12.0. The Hall–Kier alpha value is -0.480. The molecule has 0 saturated carbocycles. The smallest absolute Gasteiger partial charge is 0.0989 e. The molecule has 1 heterocycles. The van der Waals surface area contributed by atoms with E-state index in [1.54, 1.807) is 0 Å². The first kappa shape index (κ1) is 13.6. The van der Waals surface area contributed by atoms with E-state index in [-0.39, 0.29) is 4.75 Å². The van der Waals surface area contributed by atoms with Crippen LogP contribution in [-0.2, 0) is 13.6 Å². The van der Waals surface area contributed by atoms with Crippen molar-refractivity contribution >= 4 is 11.8 Å². The minimum absolute atomic E-state index is 0.223. The van der Waals surface area contributed by atoms with Gasteiger partial charge in [-0.3, -0.25) is 4.68 Å². The van der Waals surface area contributed by atoms with Crippen LogP contribution in [0.25, 0.3) is 0 Å². The Morgan fingerprint density at radius 3 is 2.50 bits per heavy atom. The van der Waals surface area contributed by atoms with Crippen LogP contribution in [0.3, 0.4) is 0 Å². The van der Waals surface area contributed by atoms with Crippen LogP contribution in [0.5, 0.6) is 0 Å². The van der Waals surface area contributed by atoms with E-state index in [0.29, 0.717) is 0 Å². The van der Waals surface area contributed by atoms with Crippen molar-refractivity contribution in [1.29, 1.82) is 0 Å². The largest absolute Gasteiger partial charge is 0.313 e. The Bertz CT molecular complexity index is 350. The number of rotatable bonds is 4. The highest BCUT2D eigenvalue weighted by Crippen LogP contribution is 2.34. The molecule has 0 aliphatic carbocycles. The normalized spacial score (nSPS) is 12.1. The topological polar surface area (TPSA) is 29.9 Å². The fraction of sp³-hybridized carbons (Fsp3) is 0.750. The molecule has 0 aromatic carbocycles. The van der Waals surface area contributed by atoms with Gasteiger partial charge in [-0.2, -0.15) is 5.10 Å². The lowest BCUT2D eigenvalue weighted by molar-refractivity contribution is 0.667. The van der Waals surface area contributed by atoms with Crippen LogP contribution in [0, 0.1) is 6.92 Å². The Kier molecular flexibility index (Phi) is 4.44. The van der Waals surface area contributed by atoms with Crippen molar-refractivity contribution in [1.82, 2.24) is 15.1 Å². The molecule has 0 radical (unpaired) electrons. The minimum Gasteiger partial charge on any atom is -0.313 e. The zero-order valence-electron chi connectivity index (χ0n) is 11.2. The van der Waals surface area contributed by atoms with Crippen molar-refractivity contribution in [2.24, 2.45) is 7.05 Å². The van der Waals surface area contributed by atoms with Crippen LogP contribution in [0.2, 0.25) is 0 Å². The van der Waals surface area contributed by atoms with Crippen LogP contribution < -0.4 is 5.32 Å². The third-order valence-corrected chi connectivity index (χ3v) is 3.56. The van der Waals surface area contributed by atoms with Crippen molar-refractivity contribution in [2.75, 3.05) is 6.54 Å². The lowest BCUT2D eigenvalue weighted by Crippen LogP contribution is -2.14. The van der Waals surface area contributed by atoms with E-state index >= 15 is 0 Å². The molecule has 0 atom stereocenters. The number of aryl methyl sites for hydroxylation is 2. The monoisotopic (exact) mass is 241 g/mol. The van der Waals surface area contributed by atoms with Gasteiger partial charge in [-0.05, 0) is 13.5 Å². The summed E-state index contributed by atoms with van der Waals surface area (Å²) in [6.07, 6.45) is 0. The molecule has 92 valence electrons. The Morgan fingerprint density at radius 2 is 2.00 bits per heavy atom. The maximum Gasteiger partial charge on any atom is 0.0989 e. The lowest BCUT2D eigenvalue weighted by atomic mass is 10.2. The molecule has 1 aromatic heterocycles. The molecule has 16 heavy (non-hydrogen) atoms. The maximum atomic E-state index is 4.50. The van der Waals surface area contributed by atoms with Gasteiger partial charge in [0.1, 0.15) is 0 Å². The second-order valence-corrected chi connectivity index (χ2v) is 6.80. The average Bonchev–Trinajstić information content (AvgIpc) is 2.37. The molecular formula is C12H23N3S. The summed E-state index contributed by atoms with van der Waals surface area (Å²) in [6, 6.07) is 0. The zero-order chi connectivity index (χ0) is 12.3. The molecule has 1 rings (SSSR count). The van der Waals surface area contributed by atoms with E-state index in [2.05, 4.69) is 45.0 Å². The number of thioether (sulfide) groups is 1. The summed E-state index contributed by atoms with van der Waals surface area (Å²) in [5, 5.41) is 9.17. The van der Waals surface area contributed by atoms with Gasteiger partial charge >= 0.3 is 0 Å².